The number of carbonyl (C=O) groups is 2. The minimum absolute atomic E-state index is 0.413. The number of halogens is 3. The fourth-order valence-electron chi connectivity index (χ4n) is 4.99. The van der Waals surface area contributed by atoms with Gasteiger partial charge in [-0.2, -0.15) is 13.2 Å². The standard InChI is InChI=1S/C22H24N4O4.C2HF3O2/c1-25-14-6-3-5-13-18(24-21(28)17(20(13)27)22(29)30)16(14)12-4-2-7-15(19(12)25)26-10-8-23-9-11-26;3-2(4,5)1(6)7/h2,4,7,23H,3,5-6,8-11H2,1H3,(H,29,30)(H2,24,27,28);(H,6,7). The number of hydrogen-bond donors (Lipinski definition) is 5. The van der Waals surface area contributed by atoms with Gasteiger partial charge in [0.15, 0.2) is 5.56 Å². The van der Waals surface area contributed by atoms with Crippen molar-refractivity contribution in [3.8, 4) is 17.0 Å². The van der Waals surface area contributed by atoms with Crippen LogP contribution in [0.4, 0.5) is 18.9 Å². The number of hydrogen-bond acceptors (Lipinski definition) is 6. The molecule has 0 unspecified atom stereocenters. The number of para-hydroxylation sites is 1. The minimum atomic E-state index is -5.08. The molecule has 1 fully saturated rings. The molecule has 13 heteroatoms. The van der Waals surface area contributed by atoms with E-state index in [0.717, 1.165) is 66.9 Å². The number of anilines is 1. The summed E-state index contributed by atoms with van der Waals surface area (Å²) in [5, 5.41) is 31.5. The minimum Gasteiger partial charge on any atom is -0.506 e. The lowest BCUT2D eigenvalue weighted by Crippen LogP contribution is -2.43. The van der Waals surface area contributed by atoms with Gasteiger partial charge in [0.05, 0.1) is 16.9 Å². The lowest BCUT2D eigenvalue weighted by Gasteiger charge is -2.30. The summed E-state index contributed by atoms with van der Waals surface area (Å²) in [6.07, 6.45) is -3.04. The summed E-state index contributed by atoms with van der Waals surface area (Å²) >= 11 is 0. The maximum Gasteiger partial charge on any atom is 0.490 e. The van der Waals surface area contributed by atoms with E-state index in [1.54, 1.807) is 0 Å². The number of H-pyrrole nitrogens is 1. The van der Waals surface area contributed by atoms with Crippen molar-refractivity contribution in [3.63, 3.8) is 0 Å². The number of nitrogens with zero attached hydrogens (tertiary/aromatic N) is 2. The molecular formula is C24H25F3N4O6. The Balaban J connectivity index is 0.000000405. The van der Waals surface area contributed by atoms with Gasteiger partial charge in [-0.25, -0.2) is 9.59 Å². The summed E-state index contributed by atoms with van der Waals surface area (Å²) in [6, 6.07) is 6.19. The van der Waals surface area contributed by atoms with Gasteiger partial charge in [-0.1, -0.05) is 12.1 Å². The second-order valence-corrected chi connectivity index (χ2v) is 8.78. The molecule has 1 aliphatic heterocycles. The number of aromatic carboxylic acids is 1. The summed E-state index contributed by atoms with van der Waals surface area (Å²) in [6.45, 7) is 3.71. The molecule has 3 heterocycles. The number of aromatic hydroxyl groups is 1. The molecular weight excluding hydrogens is 497 g/mol. The maximum absolute atomic E-state index is 12.5. The Hall–Kier alpha value is -4.00. The molecule has 2 aliphatic rings. The van der Waals surface area contributed by atoms with Crippen LogP contribution in [0.1, 0.15) is 28.0 Å². The first-order valence-electron chi connectivity index (χ1n) is 11.5. The molecule has 0 amide bonds. The Morgan fingerprint density at radius 2 is 1.73 bits per heavy atom. The Morgan fingerprint density at radius 3 is 2.32 bits per heavy atom. The summed E-state index contributed by atoms with van der Waals surface area (Å²) in [5.41, 5.74) is 3.91. The van der Waals surface area contributed by atoms with Crippen LogP contribution in [0.3, 0.4) is 0 Å². The first-order chi connectivity index (χ1) is 17.4. The summed E-state index contributed by atoms with van der Waals surface area (Å²) < 4.78 is 33.9. The van der Waals surface area contributed by atoms with Gasteiger partial charge in [-0.15, -0.1) is 0 Å². The number of aromatic amines is 1. The van der Waals surface area contributed by atoms with Crippen LogP contribution in [-0.2, 0) is 24.7 Å². The van der Waals surface area contributed by atoms with Crippen molar-refractivity contribution in [3.05, 3.63) is 45.4 Å². The molecule has 1 aliphatic carbocycles. The lowest BCUT2D eigenvalue weighted by atomic mass is 9.99. The number of nitrogens with one attached hydrogen (secondary N) is 2. The van der Waals surface area contributed by atoms with Gasteiger partial charge >= 0.3 is 18.1 Å². The average Bonchev–Trinajstić information content (AvgIpc) is 2.98. The highest BCUT2D eigenvalue weighted by Gasteiger charge is 2.38. The third-order valence-electron chi connectivity index (χ3n) is 6.61. The van der Waals surface area contributed by atoms with E-state index in [4.69, 9.17) is 9.90 Å². The number of aromatic nitrogens is 2. The van der Waals surface area contributed by atoms with Gasteiger partial charge in [-0.3, -0.25) is 4.79 Å². The van der Waals surface area contributed by atoms with Gasteiger partial charge in [0.2, 0.25) is 0 Å². The molecule has 0 spiro atoms. The predicted molar refractivity (Wildman–Crippen MR) is 128 cm³/mol. The van der Waals surface area contributed by atoms with Crippen molar-refractivity contribution in [2.45, 2.75) is 25.4 Å². The van der Waals surface area contributed by atoms with Gasteiger partial charge in [0.25, 0.3) is 5.56 Å². The topological polar surface area (TPSA) is 148 Å². The number of pyridine rings is 1. The number of aliphatic carboxylic acids is 1. The fourth-order valence-corrected chi connectivity index (χ4v) is 4.99. The van der Waals surface area contributed by atoms with Gasteiger partial charge in [0, 0.05) is 55.4 Å². The fraction of sp³-hybridized carbons (Fsp3) is 0.375. The number of piperazine rings is 1. The largest absolute Gasteiger partial charge is 0.506 e. The van der Waals surface area contributed by atoms with Crippen LogP contribution >= 0.6 is 0 Å². The highest BCUT2D eigenvalue weighted by molar-refractivity contribution is 6.04. The number of carboxylic acids is 2. The van der Waals surface area contributed by atoms with E-state index in [1.165, 1.54) is 0 Å². The zero-order valence-corrected chi connectivity index (χ0v) is 19.8. The van der Waals surface area contributed by atoms with Crippen LogP contribution in [0.2, 0.25) is 0 Å². The van der Waals surface area contributed by atoms with Gasteiger partial charge < -0.3 is 35.1 Å². The Kier molecular flexibility index (Phi) is 6.91. The molecule has 0 saturated carbocycles. The second kappa shape index (κ2) is 9.81. The second-order valence-electron chi connectivity index (χ2n) is 8.78. The summed E-state index contributed by atoms with van der Waals surface area (Å²) in [7, 11) is 2.04. The average molecular weight is 522 g/mol. The Bertz CT molecular complexity index is 1440. The molecule has 2 aromatic heterocycles. The monoisotopic (exact) mass is 522 g/mol. The quantitative estimate of drug-likeness (QED) is 0.345. The first kappa shape index (κ1) is 26.1. The van der Waals surface area contributed by atoms with Crippen LogP contribution in [0.5, 0.6) is 5.75 Å². The van der Waals surface area contributed by atoms with Crippen molar-refractivity contribution in [2.24, 2.45) is 7.05 Å². The maximum atomic E-state index is 12.5. The molecule has 10 nitrogen and oxygen atoms in total. The molecule has 0 bridgehead atoms. The van der Waals surface area contributed by atoms with E-state index in [0.29, 0.717) is 17.7 Å². The molecule has 5 N–H and O–H groups in total. The zero-order chi connectivity index (χ0) is 27.1. The molecule has 3 aromatic rings. The molecule has 0 atom stereocenters. The van der Waals surface area contributed by atoms with Crippen LogP contribution < -0.4 is 15.8 Å². The zero-order valence-electron chi connectivity index (χ0n) is 19.8. The Morgan fingerprint density at radius 1 is 1.08 bits per heavy atom. The number of carboxylic acid groups (broad SMARTS) is 2. The van der Waals surface area contributed by atoms with E-state index >= 15 is 0 Å². The predicted octanol–water partition coefficient (Wildman–Crippen LogP) is 2.47. The number of benzene rings is 1. The molecule has 1 saturated heterocycles. The molecule has 5 rings (SSSR count). The normalized spacial score (nSPS) is 15.3. The van der Waals surface area contributed by atoms with Gasteiger partial charge in [-0.05, 0) is 25.3 Å². The highest BCUT2D eigenvalue weighted by atomic mass is 19.4. The molecule has 0 radical (unpaired) electrons. The van der Waals surface area contributed by atoms with E-state index in [1.807, 2.05) is 19.2 Å². The molecule has 198 valence electrons. The van der Waals surface area contributed by atoms with Crippen LogP contribution in [0.25, 0.3) is 22.2 Å². The smallest absolute Gasteiger partial charge is 0.490 e. The lowest BCUT2D eigenvalue weighted by molar-refractivity contribution is -0.192. The van der Waals surface area contributed by atoms with Crippen LogP contribution in [0, 0.1) is 0 Å². The van der Waals surface area contributed by atoms with Crippen LogP contribution in [0.15, 0.2) is 23.0 Å². The van der Waals surface area contributed by atoms with Crippen molar-refractivity contribution in [1.29, 1.82) is 0 Å². The third-order valence-corrected chi connectivity index (χ3v) is 6.61. The number of alkyl halides is 3. The third kappa shape index (κ3) is 4.73. The van der Waals surface area contributed by atoms with Gasteiger partial charge in [0.1, 0.15) is 5.75 Å². The van der Waals surface area contributed by atoms with Crippen molar-refractivity contribution < 1.29 is 38.1 Å². The summed E-state index contributed by atoms with van der Waals surface area (Å²) in [5.74, 6) is -4.59. The first-order valence-corrected chi connectivity index (χ1v) is 11.5. The van der Waals surface area contributed by atoms with E-state index in [9.17, 15) is 33.0 Å². The number of rotatable bonds is 2. The SMILES string of the molecule is Cn1c2c(c3cccc(N4CCNCC4)c31)-c1[nH]c(=O)c(C(=O)O)c(O)c1CCC2.O=C(O)C(F)(F)F. The van der Waals surface area contributed by atoms with Crippen molar-refractivity contribution >= 4 is 28.5 Å². The van der Waals surface area contributed by atoms with Crippen molar-refractivity contribution in [2.75, 3.05) is 31.1 Å². The Labute approximate surface area is 207 Å². The van der Waals surface area contributed by atoms with E-state index in [2.05, 4.69) is 25.8 Å². The highest BCUT2D eigenvalue weighted by Crippen LogP contribution is 2.43. The van der Waals surface area contributed by atoms with E-state index in [-0.39, 0.29) is 0 Å². The number of aryl methyl sites for hydroxylation is 1. The summed E-state index contributed by atoms with van der Waals surface area (Å²) in [4.78, 5) is 38.1. The molecule has 1 aromatic carbocycles. The number of fused-ring (bicyclic) bond motifs is 5. The van der Waals surface area contributed by atoms with Crippen LogP contribution in [-0.4, -0.2) is 69.2 Å². The molecule has 37 heavy (non-hydrogen) atoms. The van der Waals surface area contributed by atoms with Crippen molar-refractivity contribution in [1.82, 2.24) is 14.9 Å². The van der Waals surface area contributed by atoms with E-state index < -0.39 is 35.0 Å².